The maximum absolute atomic E-state index is 11.7. The van der Waals surface area contributed by atoms with Gasteiger partial charge in [-0.3, -0.25) is 10.1 Å². The molecule has 1 aromatic carbocycles. The maximum atomic E-state index is 11.7. The highest BCUT2D eigenvalue weighted by molar-refractivity contribution is 6.32. The zero-order valence-corrected chi connectivity index (χ0v) is 12.1. The minimum Gasteiger partial charge on any atom is -0.460 e. The molecule has 0 N–H and O–H groups in total. The van der Waals surface area contributed by atoms with Crippen LogP contribution in [0.2, 0.25) is 5.02 Å². The van der Waals surface area contributed by atoms with Gasteiger partial charge in [0.2, 0.25) is 0 Å². The molecule has 0 saturated heterocycles. The van der Waals surface area contributed by atoms with Gasteiger partial charge in [0.1, 0.15) is 11.6 Å². The molecule has 0 unspecified atom stereocenters. The largest absolute Gasteiger partial charge is 0.460 e. The smallest absolute Gasteiger partial charge is 0.338 e. The fraction of sp³-hybridized carbons (Fsp3) is 0.462. The molecule has 0 radical (unpaired) electrons. The van der Waals surface area contributed by atoms with Gasteiger partial charge in [0.15, 0.2) is 0 Å². The number of hydrogen-bond donors (Lipinski definition) is 0. The highest BCUT2D eigenvalue weighted by Crippen LogP contribution is 2.25. The molecular formula is C13H16ClNO5. The predicted molar refractivity (Wildman–Crippen MR) is 74.0 cm³/mol. The Morgan fingerprint density at radius 3 is 2.70 bits per heavy atom. The average molecular weight is 302 g/mol. The number of rotatable bonds is 7. The summed E-state index contributed by atoms with van der Waals surface area (Å²) in [5, 5.41) is 10.7. The molecule has 0 atom stereocenters. The van der Waals surface area contributed by atoms with Crippen LogP contribution in [0.4, 0.5) is 5.69 Å². The molecule has 1 aromatic rings. The second-order valence-electron chi connectivity index (χ2n) is 4.53. The Bertz CT molecular complexity index is 490. The summed E-state index contributed by atoms with van der Waals surface area (Å²) in [6.07, 6.45) is 0. The molecule has 0 amide bonds. The van der Waals surface area contributed by atoms with E-state index in [4.69, 9.17) is 21.1 Å². The molecule has 0 aliphatic carbocycles. The monoisotopic (exact) mass is 301 g/mol. The van der Waals surface area contributed by atoms with E-state index in [1.165, 1.54) is 12.1 Å². The Hall–Kier alpha value is -1.66. The molecule has 0 bridgehead atoms. The number of esters is 1. The van der Waals surface area contributed by atoms with E-state index in [-0.39, 0.29) is 22.9 Å². The van der Waals surface area contributed by atoms with Crippen LogP contribution in [-0.2, 0) is 9.47 Å². The van der Waals surface area contributed by atoms with Crippen molar-refractivity contribution in [1.82, 2.24) is 0 Å². The zero-order valence-electron chi connectivity index (χ0n) is 11.3. The van der Waals surface area contributed by atoms with Crippen molar-refractivity contribution in [3.05, 3.63) is 38.9 Å². The van der Waals surface area contributed by atoms with Crippen LogP contribution >= 0.6 is 11.6 Å². The second kappa shape index (κ2) is 7.81. The Kier molecular flexibility index (Phi) is 6.41. The van der Waals surface area contributed by atoms with Crippen molar-refractivity contribution in [1.29, 1.82) is 0 Å². The molecule has 0 aliphatic heterocycles. The van der Waals surface area contributed by atoms with Crippen LogP contribution in [0, 0.1) is 16.0 Å². The zero-order chi connectivity index (χ0) is 15.1. The molecule has 0 fully saturated rings. The predicted octanol–water partition coefficient (Wildman–Crippen LogP) is 3.08. The third-order valence-electron chi connectivity index (χ3n) is 2.29. The van der Waals surface area contributed by atoms with Gasteiger partial charge in [-0.25, -0.2) is 4.79 Å². The normalized spacial score (nSPS) is 10.6. The topological polar surface area (TPSA) is 78.7 Å². The lowest BCUT2D eigenvalue weighted by Gasteiger charge is -2.08. The number of hydrogen-bond acceptors (Lipinski definition) is 5. The van der Waals surface area contributed by atoms with E-state index < -0.39 is 10.9 Å². The van der Waals surface area contributed by atoms with Crippen molar-refractivity contribution in [3.8, 4) is 0 Å². The third-order valence-corrected chi connectivity index (χ3v) is 2.61. The van der Waals surface area contributed by atoms with Gasteiger partial charge >= 0.3 is 5.97 Å². The molecule has 0 spiro atoms. The van der Waals surface area contributed by atoms with Crippen molar-refractivity contribution in [2.45, 2.75) is 13.8 Å². The summed E-state index contributed by atoms with van der Waals surface area (Å²) in [5.41, 5.74) is -0.234. The quantitative estimate of drug-likeness (QED) is 0.335. The van der Waals surface area contributed by atoms with Crippen molar-refractivity contribution < 1.29 is 19.2 Å². The molecule has 20 heavy (non-hydrogen) atoms. The van der Waals surface area contributed by atoms with E-state index in [2.05, 4.69) is 0 Å². The molecule has 1 rings (SSSR count). The van der Waals surface area contributed by atoms with Gasteiger partial charge in [-0.2, -0.15) is 0 Å². The van der Waals surface area contributed by atoms with Crippen LogP contribution in [0.1, 0.15) is 24.2 Å². The fourth-order valence-electron chi connectivity index (χ4n) is 1.38. The average Bonchev–Trinajstić information content (AvgIpc) is 2.37. The molecule has 110 valence electrons. The molecule has 7 heteroatoms. The first-order valence-electron chi connectivity index (χ1n) is 6.10. The SMILES string of the molecule is CC(C)COCCOC(=O)c1ccc(Cl)c([N+](=O)[O-])c1. The van der Waals surface area contributed by atoms with Crippen LogP contribution < -0.4 is 0 Å². The van der Waals surface area contributed by atoms with E-state index in [1.807, 2.05) is 13.8 Å². The number of benzene rings is 1. The maximum Gasteiger partial charge on any atom is 0.338 e. The van der Waals surface area contributed by atoms with Crippen molar-refractivity contribution in [2.24, 2.45) is 5.92 Å². The van der Waals surface area contributed by atoms with Crippen molar-refractivity contribution in [2.75, 3.05) is 19.8 Å². The minimum atomic E-state index is -0.648. The highest BCUT2D eigenvalue weighted by atomic mass is 35.5. The number of carbonyl (C=O) groups excluding carboxylic acids is 1. The van der Waals surface area contributed by atoms with Crippen LogP contribution in [0.25, 0.3) is 0 Å². The summed E-state index contributed by atoms with van der Waals surface area (Å²) in [7, 11) is 0. The van der Waals surface area contributed by atoms with Crippen molar-refractivity contribution in [3.63, 3.8) is 0 Å². The minimum absolute atomic E-state index is 0.0215. The van der Waals surface area contributed by atoms with E-state index in [0.29, 0.717) is 19.1 Å². The Morgan fingerprint density at radius 1 is 1.40 bits per heavy atom. The Labute approximate surface area is 121 Å². The number of nitro benzene ring substituents is 1. The van der Waals surface area contributed by atoms with Crippen molar-refractivity contribution >= 4 is 23.3 Å². The summed E-state index contributed by atoms with van der Waals surface area (Å²) in [6, 6.07) is 3.78. The van der Waals surface area contributed by atoms with Gasteiger partial charge in [0, 0.05) is 12.7 Å². The number of nitrogens with zero attached hydrogens (tertiary/aromatic N) is 1. The van der Waals surface area contributed by atoms with Crippen LogP contribution in [-0.4, -0.2) is 30.7 Å². The lowest BCUT2D eigenvalue weighted by atomic mass is 10.2. The standard InChI is InChI=1S/C13H16ClNO5/c1-9(2)8-19-5-6-20-13(16)10-3-4-11(14)12(7-10)15(17)18/h3-4,7,9H,5-6,8H2,1-2H3. The van der Waals surface area contributed by atoms with E-state index in [0.717, 1.165) is 6.07 Å². The first kappa shape index (κ1) is 16.4. The molecule has 0 saturated carbocycles. The number of halogens is 1. The van der Waals surface area contributed by atoms with E-state index >= 15 is 0 Å². The molecule has 0 heterocycles. The Balaban J connectivity index is 2.51. The number of ether oxygens (including phenoxy) is 2. The molecule has 0 aromatic heterocycles. The number of nitro groups is 1. The lowest BCUT2D eigenvalue weighted by Crippen LogP contribution is -2.13. The van der Waals surface area contributed by atoms with Gasteiger partial charge in [-0.15, -0.1) is 0 Å². The van der Waals surface area contributed by atoms with E-state index in [1.54, 1.807) is 0 Å². The third kappa shape index (κ3) is 5.14. The summed E-state index contributed by atoms with van der Waals surface area (Å²) in [4.78, 5) is 21.7. The van der Waals surface area contributed by atoms with Gasteiger partial charge in [0.05, 0.1) is 17.1 Å². The van der Waals surface area contributed by atoms with Crippen LogP contribution in [0.15, 0.2) is 18.2 Å². The molecule has 6 nitrogen and oxygen atoms in total. The number of carbonyl (C=O) groups is 1. The molecular weight excluding hydrogens is 286 g/mol. The summed E-state index contributed by atoms with van der Waals surface area (Å²) in [6.45, 7) is 5.00. The summed E-state index contributed by atoms with van der Waals surface area (Å²) in [5.74, 6) is -0.234. The first-order chi connectivity index (χ1) is 9.41. The van der Waals surface area contributed by atoms with Gasteiger partial charge in [-0.05, 0) is 18.1 Å². The second-order valence-corrected chi connectivity index (χ2v) is 4.94. The summed E-state index contributed by atoms with van der Waals surface area (Å²) < 4.78 is 10.2. The lowest BCUT2D eigenvalue weighted by molar-refractivity contribution is -0.384. The first-order valence-corrected chi connectivity index (χ1v) is 6.48. The highest BCUT2D eigenvalue weighted by Gasteiger charge is 2.16. The van der Waals surface area contributed by atoms with Gasteiger partial charge < -0.3 is 9.47 Å². The van der Waals surface area contributed by atoms with E-state index in [9.17, 15) is 14.9 Å². The summed E-state index contributed by atoms with van der Waals surface area (Å²) >= 11 is 5.66. The molecule has 0 aliphatic rings. The Morgan fingerprint density at radius 2 is 2.10 bits per heavy atom. The van der Waals surface area contributed by atoms with Crippen LogP contribution in [0.5, 0.6) is 0 Å². The van der Waals surface area contributed by atoms with Gasteiger partial charge in [0.25, 0.3) is 5.69 Å². The fourth-order valence-corrected chi connectivity index (χ4v) is 1.56. The van der Waals surface area contributed by atoms with Crippen LogP contribution in [0.3, 0.4) is 0 Å². The van der Waals surface area contributed by atoms with Gasteiger partial charge in [-0.1, -0.05) is 25.4 Å².